The summed E-state index contributed by atoms with van der Waals surface area (Å²) in [6.45, 7) is 1.62. The largest absolute Gasteiger partial charge is 0.396 e. The standard InChI is InChI=1S/C10H16N4O3/c1-12-6-9(14(16)17)10(11-12)13-4-2-8(7-15)3-5-13/h6,8,15H,2-5,7H2,1H3. The lowest BCUT2D eigenvalue weighted by Crippen LogP contribution is -2.35. The van der Waals surface area contributed by atoms with Crippen LogP contribution in [0.3, 0.4) is 0 Å². The van der Waals surface area contributed by atoms with Gasteiger partial charge in [-0.15, -0.1) is 5.10 Å². The zero-order chi connectivity index (χ0) is 12.4. The summed E-state index contributed by atoms with van der Waals surface area (Å²) in [5.74, 6) is 0.753. The van der Waals surface area contributed by atoms with Gasteiger partial charge < -0.3 is 10.0 Å². The molecule has 1 fully saturated rings. The smallest absolute Gasteiger partial charge is 0.330 e. The summed E-state index contributed by atoms with van der Waals surface area (Å²) in [6, 6.07) is 0. The molecular weight excluding hydrogens is 224 g/mol. The van der Waals surface area contributed by atoms with E-state index < -0.39 is 4.92 Å². The van der Waals surface area contributed by atoms with Crippen molar-refractivity contribution >= 4 is 11.5 Å². The summed E-state index contributed by atoms with van der Waals surface area (Å²) < 4.78 is 1.46. The van der Waals surface area contributed by atoms with E-state index >= 15 is 0 Å². The third-order valence-electron chi connectivity index (χ3n) is 3.16. The van der Waals surface area contributed by atoms with Crippen LogP contribution in [0, 0.1) is 16.0 Å². The zero-order valence-corrected chi connectivity index (χ0v) is 9.74. The number of hydrogen-bond acceptors (Lipinski definition) is 5. The van der Waals surface area contributed by atoms with Crippen LogP contribution in [0.25, 0.3) is 0 Å². The number of aryl methyl sites for hydroxylation is 1. The van der Waals surface area contributed by atoms with Crippen LogP contribution >= 0.6 is 0 Å². The summed E-state index contributed by atoms with van der Waals surface area (Å²) in [5, 5.41) is 24.1. The van der Waals surface area contributed by atoms with Gasteiger partial charge in [-0.05, 0) is 18.8 Å². The van der Waals surface area contributed by atoms with Crippen LogP contribution in [-0.4, -0.2) is 39.5 Å². The molecular formula is C10H16N4O3. The van der Waals surface area contributed by atoms with Crippen LogP contribution in [0.2, 0.25) is 0 Å². The molecule has 0 saturated carbocycles. The van der Waals surface area contributed by atoms with E-state index in [4.69, 9.17) is 5.11 Å². The zero-order valence-electron chi connectivity index (χ0n) is 9.74. The van der Waals surface area contributed by atoms with Gasteiger partial charge in [-0.25, -0.2) is 0 Å². The molecule has 17 heavy (non-hydrogen) atoms. The first-order valence-electron chi connectivity index (χ1n) is 5.65. The molecule has 7 nitrogen and oxygen atoms in total. The van der Waals surface area contributed by atoms with Gasteiger partial charge in [0.05, 0.1) is 4.92 Å². The van der Waals surface area contributed by atoms with Crippen molar-refractivity contribution in [2.24, 2.45) is 13.0 Å². The first kappa shape index (κ1) is 11.8. The molecule has 0 spiro atoms. The predicted octanol–water partition coefficient (Wildman–Crippen LogP) is 0.537. The molecule has 0 aliphatic carbocycles. The van der Waals surface area contributed by atoms with E-state index in [-0.39, 0.29) is 12.3 Å². The Labute approximate surface area is 98.8 Å². The second-order valence-corrected chi connectivity index (χ2v) is 4.38. The Morgan fingerprint density at radius 1 is 1.59 bits per heavy atom. The first-order chi connectivity index (χ1) is 8.11. The van der Waals surface area contributed by atoms with Crippen molar-refractivity contribution in [2.75, 3.05) is 24.6 Å². The summed E-state index contributed by atoms with van der Waals surface area (Å²) in [7, 11) is 1.68. The Bertz CT molecular complexity index is 410. The van der Waals surface area contributed by atoms with Crippen molar-refractivity contribution in [3.8, 4) is 0 Å². The predicted molar refractivity (Wildman–Crippen MR) is 61.9 cm³/mol. The molecule has 0 atom stereocenters. The average molecular weight is 240 g/mol. The van der Waals surface area contributed by atoms with Gasteiger partial charge in [0.1, 0.15) is 6.20 Å². The van der Waals surface area contributed by atoms with Crippen molar-refractivity contribution in [3.63, 3.8) is 0 Å². The SMILES string of the molecule is Cn1cc([N+](=O)[O-])c(N2CCC(CO)CC2)n1. The first-order valence-corrected chi connectivity index (χ1v) is 5.65. The third kappa shape index (κ3) is 2.38. The van der Waals surface area contributed by atoms with Crippen molar-refractivity contribution in [1.29, 1.82) is 0 Å². The van der Waals surface area contributed by atoms with Gasteiger partial charge in [-0.2, -0.15) is 0 Å². The fourth-order valence-electron chi connectivity index (χ4n) is 2.15. The van der Waals surface area contributed by atoms with Gasteiger partial charge in [0.15, 0.2) is 0 Å². The highest BCUT2D eigenvalue weighted by Crippen LogP contribution is 2.29. The van der Waals surface area contributed by atoms with Crippen LogP contribution in [0.5, 0.6) is 0 Å². The molecule has 1 aromatic heterocycles. The van der Waals surface area contributed by atoms with E-state index in [1.165, 1.54) is 10.9 Å². The molecule has 1 saturated heterocycles. The van der Waals surface area contributed by atoms with Crippen molar-refractivity contribution in [1.82, 2.24) is 9.78 Å². The maximum atomic E-state index is 10.9. The third-order valence-corrected chi connectivity index (χ3v) is 3.16. The van der Waals surface area contributed by atoms with Crippen LogP contribution < -0.4 is 4.90 Å². The number of aliphatic hydroxyl groups excluding tert-OH is 1. The second-order valence-electron chi connectivity index (χ2n) is 4.38. The average Bonchev–Trinajstić information content (AvgIpc) is 2.72. The van der Waals surface area contributed by atoms with Crippen molar-refractivity contribution in [3.05, 3.63) is 16.3 Å². The number of nitro groups is 1. The van der Waals surface area contributed by atoms with Gasteiger partial charge in [0.25, 0.3) is 0 Å². The number of nitrogens with zero attached hydrogens (tertiary/aromatic N) is 4. The van der Waals surface area contributed by atoms with Crippen LogP contribution in [-0.2, 0) is 7.05 Å². The van der Waals surface area contributed by atoms with E-state index in [2.05, 4.69) is 5.10 Å². The highest BCUT2D eigenvalue weighted by molar-refractivity contribution is 5.56. The van der Waals surface area contributed by atoms with Crippen LogP contribution in [0.15, 0.2) is 6.20 Å². The number of aliphatic hydroxyl groups is 1. The second kappa shape index (κ2) is 4.70. The van der Waals surface area contributed by atoms with Gasteiger partial charge in [0.2, 0.25) is 5.82 Å². The highest BCUT2D eigenvalue weighted by atomic mass is 16.6. The Hall–Kier alpha value is -1.63. The maximum absolute atomic E-state index is 10.9. The van der Waals surface area contributed by atoms with E-state index in [9.17, 15) is 10.1 Å². The van der Waals surface area contributed by atoms with Crippen molar-refractivity contribution < 1.29 is 10.0 Å². The Balaban J connectivity index is 2.15. The Kier molecular flexibility index (Phi) is 3.28. The fourth-order valence-corrected chi connectivity index (χ4v) is 2.15. The fraction of sp³-hybridized carbons (Fsp3) is 0.700. The normalized spacial score (nSPS) is 17.4. The number of hydrogen-bond donors (Lipinski definition) is 1. The quantitative estimate of drug-likeness (QED) is 0.615. The van der Waals surface area contributed by atoms with Gasteiger partial charge in [-0.3, -0.25) is 14.8 Å². The number of rotatable bonds is 3. The lowest BCUT2D eigenvalue weighted by molar-refractivity contribution is -0.384. The van der Waals surface area contributed by atoms with Gasteiger partial charge in [-0.1, -0.05) is 0 Å². The molecule has 0 aromatic carbocycles. The maximum Gasteiger partial charge on any atom is 0.330 e. The lowest BCUT2D eigenvalue weighted by Gasteiger charge is -2.30. The molecule has 0 bridgehead atoms. The van der Waals surface area contributed by atoms with Gasteiger partial charge in [0, 0.05) is 26.7 Å². The molecule has 1 aromatic rings. The van der Waals surface area contributed by atoms with E-state index in [0.717, 1.165) is 12.8 Å². The van der Waals surface area contributed by atoms with Crippen LogP contribution in [0.1, 0.15) is 12.8 Å². The molecule has 1 N–H and O–H groups in total. The Morgan fingerprint density at radius 2 is 2.24 bits per heavy atom. The molecule has 7 heteroatoms. The minimum Gasteiger partial charge on any atom is -0.396 e. The molecule has 0 unspecified atom stereocenters. The van der Waals surface area contributed by atoms with E-state index in [1.54, 1.807) is 7.05 Å². The summed E-state index contributed by atoms with van der Waals surface area (Å²) >= 11 is 0. The minimum absolute atomic E-state index is 0.0509. The number of piperidine rings is 1. The molecule has 94 valence electrons. The summed E-state index contributed by atoms with van der Waals surface area (Å²) in [4.78, 5) is 12.4. The van der Waals surface area contributed by atoms with Crippen molar-refractivity contribution in [2.45, 2.75) is 12.8 Å². The molecule has 2 rings (SSSR count). The molecule has 1 aliphatic rings. The summed E-state index contributed by atoms with van der Waals surface area (Å²) in [6.07, 6.45) is 3.13. The molecule has 0 radical (unpaired) electrons. The number of anilines is 1. The van der Waals surface area contributed by atoms with E-state index in [1.807, 2.05) is 4.90 Å². The topological polar surface area (TPSA) is 84.4 Å². The molecule has 1 aliphatic heterocycles. The minimum atomic E-state index is -0.402. The van der Waals surface area contributed by atoms with E-state index in [0.29, 0.717) is 24.8 Å². The molecule has 0 amide bonds. The lowest BCUT2D eigenvalue weighted by atomic mass is 9.98. The molecule has 2 heterocycles. The van der Waals surface area contributed by atoms with Gasteiger partial charge >= 0.3 is 5.69 Å². The summed E-state index contributed by atoms with van der Waals surface area (Å²) in [5.41, 5.74) is 0.0509. The highest BCUT2D eigenvalue weighted by Gasteiger charge is 2.27. The monoisotopic (exact) mass is 240 g/mol. The number of aromatic nitrogens is 2. The Morgan fingerprint density at radius 3 is 2.76 bits per heavy atom. The van der Waals surface area contributed by atoms with Crippen LogP contribution in [0.4, 0.5) is 11.5 Å².